The van der Waals surface area contributed by atoms with Gasteiger partial charge in [0.2, 0.25) is 0 Å². The van der Waals surface area contributed by atoms with Gasteiger partial charge in [-0.2, -0.15) is 0 Å². The molecule has 98 valence electrons. The van der Waals surface area contributed by atoms with Crippen LogP contribution in [0.2, 0.25) is 0 Å². The van der Waals surface area contributed by atoms with Crippen LogP contribution in [0.3, 0.4) is 0 Å². The second-order valence-electron chi connectivity index (χ2n) is 4.53. The van der Waals surface area contributed by atoms with Gasteiger partial charge in [0.1, 0.15) is 6.33 Å². The number of nitrogens with zero attached hydrogens (tertiary/aromatic N) is 2. The zero-order valence-electron chi connectivity index (χ0n) is 11.3. The van der Waals surface area contributed by atoms with Gasteiger partial charge >= 0.3 is 0 Å². The van der Waals surface area contributed by atoms with Gasteiger partial charge < -0.3 is 5.32 Å². The second-order valence-corrected chi connectivity index (χ2v) is 4.53. The zero-order chi connectivity index (χ0) is 13.8. The van der Waals surface area contributed by atoms with Gasteiger partial charge in [-0.05, 0) is 26.3 Å². The van der Waals surface area contributed by atoms with Crippen molar-refractivity contribution in [1.29, 1.82) is 0 Å². The highest BCUT2D eigenvalue weighted by Gasteiger charge is 2.16. The Labute approximate surface area is 112 Å². The second kappa shape index (κ2) is 5.61. The lowest BCUT2D eigenvalue weighted by atomic mass is 10.1. The third-order valence-corrected chi connectivity index (χ3v) is 3.10. The van der Waals surface area contributed by atoms with Gasteiger partial charge in [0.25, 0.3) is 5.91 Å². The van der Waals surface area contributed by atoms with E-state index < -0.39 is 0 Å². The Balaban J connectivity index is 2.18. The van der Waals surface area contributed by atoms with Crippen LogP contribution in [-0.4, -0.2) is 15.9 Å². The van der Waals surface area contributed by atoms with Crippen molar-refractivity contribution >= 4 is 5.91 Å². The molecule has 0 radical (unpaired) electrons. The minimum Gasteiger partial charge on any atom is -0.345 e. The van der Waals surface area contributed by atoms with E-state index in [1.165, 1.54) is 6.33 Å². The summed E-state index contributed by atoms with van der Waals surface area (Å²) in [5.74, 6) is -0.132. The van der Waals surface area contributed by atoms with Crippen LogP contribution in [0.5, 0.6) is 0 Å². The Morgan fingerprint density at radius 3 is 2.26 bits per heavy atom. The van der Waals surface area contributed by atoms with E-state index >= 15 is 0 Å². The average molecular weight is 255 g/mol. The quantitative estimate of drug-likeness (QED) is 0.917. The van der Waals surface area contributed by atoms with Gasteiger partial charge in [0.15, 0.2) is 0 Å². The maximum atomic E-state index is 12.3. The molecule has 0 spiro atoms. The number of aryl methyl sites for hydroxylation is 2. The van der Waals surface area contributed by atoms with Gasteiger partial charge in [0, 0.05) is 0 Å². The average Bonchev–Trinajstić information content (AvgIpc) is 2.39. The fourth-order valence-corrected chi connectivity index (χ4v) is 2.02. The highest BCUT2D eigenvalue weighted by Crippen LogP contribution is 2.14. The molecule has 4 nitrogen and oxygen atoms in total. The fraction of sp³-hybridized carbons (Fsp3) is 0.267. The largest absolute Gasteiger partial charge is 0.345 e. The number of rotatable bonds is 3. The summed E-state index contributed by atoms with van der Waals surface area (Å²) in [4.78, 5) is 20.4. The molecule has 0 saturated heterocycles. The molecule has 1 N–H and O–H groups in total. The van der Waals surface area contributed by atoms with Crippen molar-refractivity contribution in [3.8, 4) is 0 Å². The first-order valence-corrected chi connectivity index (χ1v) is 6.23. The molecule has 2 rings (SSSR count). The molecule has 19 heavy (non-hydrogen) atoms. The van der Waals surface area contributed by atoms with Crippen LogP contribution in [0.4, 0.5) is 0 Å². The number of amides is 1. The maximum absolute atomic E-state index is 12.3. The molecule has 1 heterocycles. The first-order chi connectivity index (χ1) is 9.09. The summed E-state index contributed by atoms with van der Waals surface area (Å²) >= 11 is 0. The number of benzene rings is 1. The summed E-state index contributed by atoms with van der Waals surface area (Å²) in [5, 5.41) is 2.98. The molecule has 0 saturated carbocycles. The number of carbonyl (C=O) groups excluding carboxylic acids is 1. The third kappa shape index (κ3) is 2.96. The lowest BCUT2D eigenvalue weighted by Gasteiger charge is -2.15. The number of carbonyl (C=O) groups is 1. The van der Waals surface area contributed by atoms with Gasteiger partial charge in [-0.1, -0.05) is 30.3 Å². The van der Waals surface area contributed by atoms with Gasteiger partial charge in [0.05, 0.1) is 23.0 Å². The van der Waals surface area contributed by atoms with Crippen LogP contribution in [-0.2, 0) is 0 Å². The Hall–Kier alpha value is -2.23. The Morgan fingerprint density at radius 1 is 1.11 bits per heavy atom. The molecule has 0 aliphatic heterocycles. The third-order valence-electron chi connectivity index (χ3n) is 3.10. The number of nitrogens with one attached hydrogen (secondary N) is 1. The molecule has 1 aromatic heterocycles. The molecule has 0 aliphatic rings. The summed E-state index contributed by atoms with van der Waals surface area (Å²) in [7, 11) is 0. The summed E-state index contributed by atoms with van der Waals surface area (Å²) < 4.78 is 0. The molecule has 4 heteroatoms. The molecule has 0 fully saturated rings. The maximum Gasteiger partial charge on any atom is 0.255 e. The number of hydrogen-bond donors (Lipinski definition) is 1. The van der Waals surface area contributed by atoms with Crippen molar-refractivity contribution in [1.82, 2.24) is 15.3 Å². The highest BCUT2D eigenvalue weighted by atomic mass is 16.1. The normalized spacial score (nSPS) is 11.9. The van der Waals surface area contributed by atoms with Crippen LogP contribution in [0.1, 0.15) is 40.3 Å². The lowest BCUT2D eigenvalue weighted by molar-refractivity contribution is 0.0937. The van der Waals surface area contributed by atoms with Crippen LogP contribution >= 0.6 is 0 Å². The lowest BCUT2D eigenvalue weighted by Crippen LogP contribution is -2.28. The van der Waals surface area contributed by atoms with Crippen molar-refractivity contribution < 1.29 is 4.79 Å². The minimum absolute atomic E-state index is 0.0484. The van der Waals surface area contributed by atoms with Crippen molar-refractivity contribution in [3.05, 3.63) is 59.2 Å². The predicted molar refractivity (Wildman–Crippen MR) is 73.8 cm³/mol. The molecule has 1 aromatic carbocycles. The van der Waals surface area contributed by atoms with Gasteiger partial charge in [-0.25, -0.2) is 9.97 Å². The fourth-order valence-electron chi connectivity index (χ4n) is 2.02. The smallest absolute Gasteiger partial charge is 0.255 e. The summed E-state index contributed by atoms with van der Waals surface area (Å²) in [6.07, 6.45) is 1.47. The van der Waals surface area contributed by atoms with E-state index in [0.717, 1.165) is 5.56 Å². The van der Waals surface area contributed by atoms with Crippen LogP contribution in [0.25, 0.3) is 0 Å². The minimum atomic E-state index is -0.132. The van der Waals surface area contributed by atoms with Crippen molar-refractivity contribution in [2.24, 2.45) is 0 Å². The van der Waals surface area contributed by atoms with Crippen LogP contribution < -0.4 is 5.32 Å². The summed E-state index contributed by atoms with van der Waals surface area (Å²) in [6, 6.07) is 9.81. The van der Waals surface area contributed by atoms with E-state index in [2.05, 4.69) is 15.3 Å². The molecular formula is C15H17N3O. The molecule has 0 aliphatic carbocycles. The SMILES string of the molecule is Cc1ncnc(C)c1C(=O)NC(C)c1ccccc1. The first kappa shape index (κ1) is 13.2. The topological polar surface area (TPSA) is 54.9 Å². The van der Waals surface area contributed by atoms with E-state index in [0.29, 0.717) is 17.0 Å². The standard InChI is InChI=1S/C15H17N3O/c1-10(13-7-5-4-6-8-13)18-15(19)14-11(2)16-9-17-12(14)3/h4-10H,1-3H3,(H,18,19). The van der Waals surface area contributed by atoms with E-state index in [4.69, 9.17) is 0 Å². The highest BCUT2D eigenvalue weighted by molar-refractivity contribution is 5.96. The molecule has 1 unspecified atom stereocenters. The molecular weight excluding hydrogens is 238 g/mol. The summed E-state index contributed by atoms with van der Waals surface area (Å²) in [5.41, 5.74) is 3.03. The van der Waals surface area contributed by atoms with Gasteiger partial charge in [-0.15, -0.1) is 0 Å². The molecule has 2 aromatic rings. The van der Waals surface area contributed by atoms with E-state index in [-0.39, 0.29) is 11.9 Å². The Kier molecular flexibility index (Phi) is 3.90. The van der Waals surface area contributed by atoms with Crippen LogP contribution in [0, 0.1) is 13.8 Å². The van der Waals surface area contributed by atoms with E-state index in [1.807, 2.05) is 51.1 Å². The van der Waals surface area contributed by atoms with E-state index in [9.17, 15) is 4.79 Å². The molecule has 1 amide bonds. The number of aromatic nitrogens is 2. The molecule has 1 atom stereocenters. The van der Waals surface area contributed by atoms with Crippen molar-refractivity contribution in [2.45, 2.75) is 26.8 Å². The van der Waals surface area contributed by atoms with Crippen molar-refractivity contribution in [2.75, 3.05) is 0 Å². The van der Waals surface area contributed by atoms with Crippen molar-refractivity contribution in [3.63, 3.8) is 0 Å². The van der Waals surface area contributed by atoms with Gasteiger partial charge in [-0.3, -0.25) is 4.79 Å². The predicted octanol–water partition coefficient (Wildman–Crippen LogP) is 2.58. The Morgan fingerprint density at radius 2 is 1.68 bits per heavy atom. The first-order valence-electron chi connectivity index (χ1n) is 6.23. The Bertz CT molecular complexity index is 561. The molecule has 0 bridgehead atoms. The zero-order valence-corrected chi connectivity index (χ0v) is 11.3. The monoisotopic (exact) mass is 255 g/mol. The van der Waals surface area contributed by atoms with E-state index in [1.54, 1.807) is 0 Å². The summed E-state index contributed by atoms with van der Waals surface area (Å²) in [6.45, 7) is 5.59. The number of hydrogen-bond acceptors (Lipinski definition) is 3. The van der Waals surface area contributed by atoms with Crippen LogP contribution in [0.15, 0.2) is 36.7 Å².